The van der Waals surface area contributed by atoms with Crippen LogP contribution in [0.5, 0.6) is 0 Å². The molecule has 124 valence electrons. The van der Waals surface area contributed by atoms with E-state index in [4.69, 9.17) is 5.73 Å². The van der Waals surface area contributed by atoms with Crippen LogP contribution in [-0.2, 0) is 6.54 Å². The van der Waals surface area contributed by atoms with Gasteiger partial charge in [-0.15, -0.1) is 0 Å². The van der Waals surface area contributed by atoms with Crippen LogP contribution in [0.15, 0.2) is 36.7 Å². The average Bonchev–Trinajstić information content (AvgIpc) is 3.04. The fourth-order valence-corrected chi connectivity index (χ4v) is 3.44. The van der Waals surface area contributed by atoms with Crippen molar-refractivity contribution in [2.75, 3.05) is 18.0 Å². The fourth-order valence-electron chi connectivity index (χ4n) is 3.44. The van der Waals surface area contributed by atoms with E-state index >= 15 is 0 Å². The summed E-state index contributed by atoms with van der Waals surface area (Å²) in [6.45, 7) is 2.56. The van der Waals surface area contributed by atoms with Gasteiger partial charge in [-0.3, -0.25) is 4.79 Å². The number of nitrogens with zero attached hydrogens (tertiary/aromatic N) is 3. The maximum Gasteiger partial charge on any atom is 0.251 e. The Kier molecular flexibility index (Phi) is 3.65. The second-order valence-electron chi connectivity index (χ2n) is 6.40. The summed E-state index contributed by atoms with van der Waals surface area (Å²) < 4.78 is 12.9. The third-order valence-corrected chi connectivity index (χ3v) is 4.85. The number of benzene rings is 1. The van der Waals surface area contributed by atoms with Crippen LogP contribution in [-0.4, -0.2) is 35.0 Å². The van der Waals surface area contributed by atoms with Crippen LogP contribution >= 0.6 is 0 Å². The van der Waals surface area contributed by atoms with Gasteiger partial charge in [-0.05, 0) is 29.5 Å². The van der Waals surface area contributed by atoms with Crippen LogP contribution < -0.4 is 16.0 Å². The Morgan fingerprint density at radius 3 is 2.42 bits per heavy atom. The molecule has 1 amide bonds. The molecule has 0 bridgehead atoms. The Morgan fingerprint density at radius 1 is 1.21 bits per heavy atom. The lowest BCUT2D eigenvalue weighted by Crippen LogP contribution is -2.32. The normalized spacial score (nSPS) is 24.7. The second kappa shape index (κ2) is 5.83. The number of nitrogens with one attached hydrogen (secondary N) is 1. The Labute approximate surface area is 138 Å². The lowest BCUT2D eigenvalue weighted by molar-refractivity contribution is 0.0999. The summed E-state index contributed by atoms with van der Waals surface area (Å²) in [5, 5.41) is 3.54. The minimum absolute atomic E-state index is 0.208. The third-order valence-electron chi connectivity index (χ3n) is 4.85. The van der Waals surface area contributed by atoms with Gasteiger partial charge >= 0.3 is 0 Å². The summed E-state index contributed by atoms with van der Waals surface area (Å²) in [5.41, 5.74) is 6.60. The highest BCUT2D eigenvalue weighted by Gasteiger charge is 2.55. The SMILES string of the molecule is NC(=O)c1cnc(N2CC3C(C2)C3NCc2ccc(F)cc2)nc1. The highest BCUT2D eigenvalue weighted by Crippen LogP contribution is 2.46. The van der Waals surface area contributed by atoms with Crippen LogP contribution in [0.1, 0.15) is 15.9 Å². The quantitative estimate of drug-likeness (QED) is 0.854. The first-order valence-electron chi connectivity index (χ1n) is 7.96. The molecule has 2 aliphatic rings. The number of hydrogen-bond acceptors (Lipinski definition) is 5. The van der Waals surface area contributed by atoms with Crippen molar-refractivity contribution in [3.8, 4) is 0 Å². The molecule has 4 rings (SSSR count). The van der Waals surface area contributed by atoms with Gasteiger partial charge in [-0.1, -0.05) is 12.1 Å². The van der Waals surface area contributed by atoms with Crippen LogP contribution in [0.4, 0.5) is 10.3 Å². The molecular weight excluding hydrogens is 309 g/mol. The van der Waals surface area contributed by atoms with Crippen molar-refractivity contribution in [1.29, 1.82) is 0 Å². The predicted molar refractivity (Wildman–Crippen MR) is 86.8 cm³/mol. The molecule has 1 aromatic heterocycles. The van der Waals surface area contributed by atoms with Crippen molar-refractivity contribution >= 4 is 11.9 Å². The van der Waals surface area contributed by atoms with Crippen molar-refractivity contribution in [2.24, 2.45) is 17.6 Å². The van der Waals surface area contributed by atoms with E-state index in [1.165, 1.54) is 24.5 Å². The van der Waals surface area contributed by atoms with E-state index in [1.807, 2.05) is 0 Å². The van der Waals surface area contributed by atoms with Gasteiger partial charge in [0, 0.05) is 38.1 Å². The summed E-state index contributed by atoms with van der Waals surface area (Å²) >= 11 is 0. The van der Waals surface area contributed by atoms with E-state index < -0.39 is 5.91 Å². The molecule has 2 heterocycles. The van der Waals surface area contributed by atoms with E-state index in [9.17, 15) is 9.18 Å². The molecule has 1 saturated carbocycles. The maximum absolute atomic E-state index is 12.9. The number of carbonyl (C=O) groups excluding carboxylic acids is 1. The zero-order valence-electron chi connectivity index (χ0n) is 13.0. The van der Waals surface area contributed by atoms with Gasteiger partial charge in [0.2, 0.25) is 5.95 Å². The Morgan fingerprint density at radius 2 is 1.83 bits per heavy atom. The maximum atomic E-state index is 12.9. The number of hydrogen-bond donors (Lipinski definition) is 2. The van der Waals surface area contributed by atoms with Crippen LogP contribution in [0.2, 0.25) is 0 Å². The van der Waals surface area contributed by atoms with Gasteiger partial charge in [0.15, 0.2) is 0 Å². The van der Waals surface area contributed by atoms with Crippen LogP contribution in [0, 0.1) is 17.7 Å². The van der Waals surface area contributed by atoms with Crippen molar-refractivity contribution in [3.63, 3.8) is 0 Å². The van der Waals surface area contributed by atoms with E-state index in [2.05, 4.69) is 20.2 Å². The summed E-state index contributed by atoms with van der Waals surface area (Å²) in [6.07, 6.45) is 2.94. The third kappa shape index (κ3) is 2.82. The zero-order valence-corrected chi connectivity index (χ0v) is 13.0. The molecule has 1 aliphatic heterocycles. The number of halogens is 1. The molecule has 2 atom stereocenters. The average molecular weight is 327 g/mol. The van der Waals surface area contributed by atoms with Crippen molar-refractivity contribution in [2.45, 2.75) is 12.6 Å². The smallest absolute Gasteiger partial charge is 0.251 e. The van der Waals surface area contributed by atoms with Gasteiger partial charge in [0.25, 0.3) is 5.91 Å². The number of anilines is 1. The molecule has 2 fully saturated rings. The van der Waals surface area contributed by atoms with E-state index in [0.29, 0.717) is 29.4 Å². The number of fused-ring (bicyclic) bond motifs is 1. The van der Waals surface area contributed by atoms with E-state index in [-0.39, 0.29) is 5.82 Å². The van der Waals surface area contributed by atoms with E-state index in [1.54, 1.807) is 12.1 Å². The topological polar surface area (TPSA) is 84.1 Å². The molecule has 1 saturated heterocycles. The number of piperidine rings is 1. The summed E-state index contributed by atoms with van der Waals surface area (Å²) in [4.78, 5) is 21.6. The minimum atomic E-state index is -0.518. The number of nitrogens with two attached hydrogens (primary N) is 1. The number of amides is 1. The Bertz CT molecular complexity index is 737. The molecule has 7 heteroatoms. The first-order valence-corrected chi connectivity index (χ1v) is 7.96. The first-order chi connectivity index (χ1) is 11.6. The van der Waals surface area contributed by atoms with Gasteiger partial charge in [-0.25, -0.2) is 14.4 Å². The fraction of sp³-hybridized carbons (Fsp3) is 0.353. The molecule has 3 N–H and O–H groups in total. The highest BCUT2D eigenvalue weighted by molar-refractivity contribution is 5.92. The number of aromatic nitrogens is 2. The minimum Gasteiger partial charge on any atom is -0.366 e. The van der Waals surface area contributed by atoms with Crippen molar-refractivity contribution in [1.82, 2.24) is 15.3 Å². The highest BCUT2D eigenvalue weighted by atomic mass is 19.1. The molecule has 2 unspecified atom stereocenters. The standard InChI is InChI=1S/C17H18FN5O/c18-12-3-1-10(2-4-12)5-20-15-13-8-23(9-14(13)15)17-21-6-11(7-22-17)16(19)24/h1-4,6-7,13-15,20H,5,8-9H2,(H2,19,24). The largest absolute Gasteiger partial charge is 0.366 e. The molecular formula is C17H18FN5O. The first kappa shape index (κ1) is 15.0. The Balaban J connectivity index is 1.29. The number of rotatable bonds is 5. The molecule has 24 heavy (non-hydrogen) atoms. The zero-order chi connectivity index (χ0) is 16.7. The number of carbonyl (C=O) groups is 1. The molecule has 1 aromatic carbocycles. The molecule has 0 radical (unpaired) electrons. The summed E-state index contributed by atoms with van der Waals surface area (Å²) in [5.74, 6) is 1.09. The second-order valence-corrected chi connectivity index (χ2v) is 6.40. The lowest BCUT2D eigenvalue weighted by atomic mass is 10.2. The molecule has 0 spiro atoms. The lowest BCUT2D eigenvalue weighted by Gasteiger charge is -2.20. The summed E-state index contributed by atoms with van der Waals surface area (Å²) in [6, 6.07) is 7.08. The molecule has 1 aliphatic carbocycles. The van der Waals surface area contributed by atoms with E-state index in [0.717, 1.165) is 25.2 Å². The number of primary amides is 1. The van der Waals surface area contributed by atoms with Crippen LogP contribution in [0.3, 0.4) is 0 Å². The predicted octanol–water partition coefficient (Wildman–Crippen LogP) is 0.939. The summed E-state index contributed by atoms with van der Waals surface area (Å²) in [7, 11) is 0. The van der Waals surface area contributed by atoms with Crippen LogP contribution in [0.25, 0.3) is 0 Å². The van der Waals surface area contributed by atoms with Crippen molar-refractivity contribution in [3.05, 3.63) is 53.6 Å². The van der Waals surface area contributed by atoms with Gasteiger partial charge in [-0.2, -0.15) is 0 Å². The monoisotopic (exact) mass is 327 g/mol. The molecule has 2 aromatic rings. The Hall–Kier alpha value is -2.54. The molecule has 6 nitrogen and oxygen atoms in total. The van der Waals surface area contributed by atoms with Gasteiger partial charge in [0.1, 0.15) is 5.82 Å². The van der Waals surface area contributed by atoms with Crippen molar-refractivity contribution < 1.29 is 9.18 Å². The van der Waals surface area contributed by atoms with Gasteiger partial charge in [0.05, 0.1) is 5.56 Å². The van der Waals surface area contributed by atoms with Gasteiger partial charge < -0.3 is 16.0 Å².